The molecule has 0 atom stereocenters. The maximum atomic E-state index is 12.4. The maximum Gasteiger partial charge on any atom is 0.240 e. The smallest absolute Gasteiger partial charge is 0.240 e. The first kappa shape index (κ1) is 14.2. The summed E-state index contributed by atoms with van der Waals surface area (Å²) in [6.45, 7) is 0.191. The summed E-state index contributed by atoms with van der Waals surface area (Å²) in [6.07, 6.45) is 1.53. The van der Waals surface area contributed by atoms with Gasteiger partial charge in [0.1, 0.15) is 11.0 Å². The number of nitrogens with zero attached hydrogens (tertiary/aromatic N) is 3. The van der Waals surface area contributed by atoms with Crippen LogP contribution in [-0.4, -0.2) is 27.1 Å². The number of nitrogens with one attached hydrogen (secondary N) is 2. The van der Waals surface area contributed by atoms with Gasteiger partial charge in [-0.05, 0) is 35.9 Å². The zero-order chi connectivity index (χ0) is 15.9. The highest BCUT2D eigenvalue weighted by Crippen LogP contribution is 2.17. The molecule has 0 bridgehead atoms. The molecular weight excluding hydrogens is 334 g/mol. The molecule has 2 aromatic heterocycles. The molecule has 0 aliphatic carbocycles. The van der Waals surface area contributed by atoms with Crippen LogP contribution in [0.1, 0.15) is 5.56 Å². The SMILES string of the molecule is O=S(=O)(NCc1ccc2nsnc2c1)c1ccc2nc[nH]c2c1. The van der Waals surface area contributed by atoms with Crippen molar-refractivity contribution in [2.75, 3.05) is 0 Å². The van der Waals surface area contributed by atoms with Crippen molar-refractivity contribution in [3.63, 3.8) is 0 Å². The molecule has 0 fully saturated rings. The molecule has 0 saturated heterocycles. The van der Waals surface area contributed by atoms with Crippen LogP contribution in [0.15, 0.2) is 47.6 Å². The van der Waals surface area contributed by atoms with Gasteiger partial charge in [0.05, 0.1) is 34.0 Å². The maximum absolute atomic E-state index is 12.4. The Labute approximate surface area is 135 Å². The first-order valence-electron chi connectivity index (χ1n) is 6.76. The van der Waals surface area contributed by atoms with E-state index in [0.29, 0.717) is 5.52 Å². The lowest BCUT2D eigenvalue weighted by atomic mass is 10.2. The van der Waals surface area contributed by atoms with Crippen LogP contribution in [0.4, 0.5) is 0 Å². The Morgan fingerprint density at radius 1 is 1.04 bits per heavy atom. The van der Waals surface area contributed by atoms with Gasteiger partial charge >= 0.3 is 0 Å². The molecule has 0 unspecified atom stereocenters. The fourth-order valence-electron chi connectivity index (χ4n) is 2.28. The number of sulfonamides is 1. The number of aromatic amines is 1. The highest BCUT2D eigenvalue weighted by molar-refractivity contribution is 7.89. The van der Waals surface area contributed by atoms with Gasteiger partial charge in [0.15, 0.2) is 0 Å². The topological polar surface area (TPSA) is 101 Å². The van der Waals surface area contributed by atoms with Crippen LogP contribution in [0.2, 0.25) is 0 Å². The summed E-state index contributed by atoms with van der Waals surface area (Å²) in [7, 11) is -3.60. The third-order valence-electron chi connectivity index (χ3n) is 3.49. The highest BCUT2D eigenvalue weighted by atomic mass is 32.2. The first-order chi connectivity index (χ1) is 11.1. The van der Waals surface area contributed by atoms with Crippen molar-refractivity contribution in [1.82, 2.24) is 23.4 Å². The zero-order valence-corrected chi connectivity index (χ0v) is 13.4. The summed E-state index contributed by atoms with van der Waals surface area (Å²) in [5, 5.41) is 0. The van der Waals surface area contributed by atoms with Gasteiger partial charge in [-0.1, -0.05) is 6.07 Å². The Morgan fingerprint density at radius 2 is 1.87 bits per heavy atom. The van der Waals surface area contributed by atoms with E-state index < -0.39 is 10.0 Å². The van der Waals surface area contributed by atoms with E-state index in [-0.39, 0.29) is 11.4 Å². The van der Waals surface area contributed by atoms with E-state index in [1.807, 2.05) is 18.2 Å². The second kappa shape index (κ2) is 5.37. The average Bonchev–Trinajstić information content (AvgIpc) is 3.20. The lowest BCUT2D eigenvalue weighted by Gasteiger charge is -2.07. The van der Waals surface area contributed by atoms with Gasteiger partial charge < -0.3 is 4.98 Å². The number of rotatable bonds is 4. The lowest BCUT2D eigenvalue weighted by Crippen LogP contribution is -2.23. The average molecular weight is 345 g/mol. The van der Waals surface area contributed by atoms with Gasteiger partial charge in [-0.3, -0.25) is 0 Å². The molecule has 2 aromatic carbocycles. The van der Waals surface area contributed by atoms with Crippen molar-refractivity contribution >= 4 is 43.8 Å². The van der Waals surface area contributed by atoms with Gasteiger partial charge in [-0.15, -0.1) is 0 Å². The Kier molecular flexibility index (Phi) is 3.33. The summed E-state index contributed by atoms with van der Waals surface area (Å²) >= 11 is 1.14. The van der Waals surface area contributed by atoms with Gasteiger partial charge in [0.2, 0.25) is 10.0 Å². The van der Waals surface area contributed by atoms with Crippen LogP contribution < -0.4 is 4.72 Å². The normalized spacial score (nSPS) is 12.2. The molecule has 0 aliphatic heterocycles. The van der Waals surface area contributed by atoms with E-state index in [0.717, 1.165) is 33.8 Å². The summed E-state index contributed by atoms with van der Waals surface area (Å²) < 4.78 is 35.7. The lowest BCUT2D eigenvalue weighted by molar-refractivity contribution is 0.581. The van der Waals surface area contributed by atoms with E-state index in [1.165, 1.54) is 6.33 Å². The molecule has 2 heterocycles. The van der Waals surface area contributed by atoms with Gasteiger partial charge in [-0.2, -0.15) is 8.75 Å². The second-order valence-corrected chi connectivity index (χ2v) is 7.29. The monoisotopic (exact) mass is 345 g/mol. The second-order valence-electron chi connectivity index (χ2n) is 4.99. The summed E-state index contributed by atoms with van der Waals surface area (Å²) in [5.74, 6) is 0. The minimum Gasteiger partial charge on any atom is -0.345 e. The molecule has 2 N–H and O–H groups in total. The third-order valence-corrected chi connectivity index (χ3v) is 5.44. The van der Waals surface area contributed by atoms with E-state index in [1.54, 1.807) is 18.2 Å². The number of H-pyrrole nitrogens is 1. The quantitative estimate of drug-likeness (QED) is 0.589. The molecular formula is C14H11N5O2S2. The van der Waals surface area contributed by atoms with Crippen LogP contribution in [-0.2, 0) is 16.6 Å². The molecule has 4 rings (SSSR count). The Bertz CT molecular complexity index is 1100. The van der Waals surface area contributed by atoms with Crippen molar-refractivity contribution in [3.05, 3.63) is 48.3 Å². The number of fused-ring (bicyclic) bond motifs is 2. The molecule has 0 amide bonds. The van der Waals surface area contributed by atoms with Crippen LogP contribution in [0.3, 0.4) is 0 Å². The molecule has 116 valence electrons. The van der Waals surface area contributed by atoms with Gasteiger partial charge in [0, 0.05) is 6.54 Å². The molecule has 7 nitrogen and oxygen atoms in total. The Hall–Kier alpha value is -2.36. The van der Waals surface area contributed by atoms with Crippen molar-refractivity contribution in [2.24, 2.45) is 0 Å². The Balaban J connectivity index is 1.58. The number of imidazole rings is 1. The predicted octanol–water partition coefficient (Wildman–Crippen LogP) is 2.05. The van der Waals surface area contributed by atoms with Crippen LogP contribution in [0, 0.1) is 0 Å². The van der Waals surface area contributed by atoms with E-state index in [2.05, 4.69) is 23.4 Å². The fraction of sp³-hybridized carbons (Fsp3) is 0.0714. The molecule has 0 saturated carbocycles. The first-order valence-corrected chi connectivity index (χ1v) is 8.97. The summed E-state index contributed by atoms with van der Waals surface area (Å²) in [4.78, 5) is 7.18. The third kappa shape index (κ3) is 2.69. The van der Waals surface area contributed by atoms with Crippen molar-refractivity contribution in [3.8, 4) is 0 Å². The number of hydrogen-bond donors (Lipinski definition) is 2. The number of benzene rings is 2. The Morgan fingerprint density at radius 3 is 2.78 bits per heavy atom. The molecule has 0 aliphatic rings. The van der Waals surface area contributed by atoms with E-state index in [4.69, 9.17) is 0 Å². The predicted molar refractivity (Wildman–Crippen MR) is 87.5 cm³/mol. The minimum absolute atomic E-state index is 0.191. The highest BCUT2D eigenvalue weighted by Gasteiger charge is 2.15. The fourth-order valence-corrected chi connectivity index (χ4v) is 3.84. The largest absolute Gasteiger partial charge is 0.345 e. The molecule has 9 heteroatoms. The van der Waals surface area contributed by atoms with Crippen LogP contribution in [0.5, 0.6) is 0 Å². The molecule has 4 aromatic rings. The van der Waals surface area contributed by atoms with Gasteiger partial charge in [-0.25, -0.2) is 18.1 Å². The molecule has 0 radical (unpaired) electrons. The van der Waals surface area contributed by atoms with E-state index >= 15 is 0 Å². The minimum atomic E-state index is -3.60. The number of aromatic nitrogens is 4. The molecule has 23 heavy (non-hydrogen) atoms. The van der Waals surface area contributed by atoms with Crippen LogP contribution >= 0.6 is 11.7 Å². The summed E-state index contributed by atoms with van der Waals surface area (Å²) in [5.41, 5.74) is 3.82. The van der Waals surface area contributed by atoms with Crippen LogP contribution in [0.25, 0.3) is 22.1 Å². The standard InChI is InChI=1S/C14H11N5O2S2/c20-23(21,10-2-4-11-13(6-10)16-8-15-11)17-7-9-1-3-12-14(5-9)19-22-18-12/h1-6,8,17H,7H2,(H,15,16). The zero-order valence-electron chi connectivity index (χ0n) is 11.7. The molecule has 0 spiro atoms. The van der Waals surface area contributed by atoms with Crippen molar-refractivity contribution < 1.29 is 8.42 Å². The summed E-state index contributed by atoms with van der Waals surface area (Å²) in [6, 6.07) is 10.3. The van der Waals surface area contributed by atoms with E-state index in [9.17, 15) is 8.42 Å². The number of hydrogen-bond acceptors (Lipinski definition) is 6. The van der Waals surface area contributed by atoms with Crippen molar-refractivity contribution in [1.29, 1.82) is 0 Å². The van der Waals surface area contributed by atoms with Crippen molar-refractivity contribution in [2.45, 2.75) is 11.4 Å². The van der Waals surface area contributed by atoms with Gasteiger partial charge in [0.25, 0.3) is 0 Å².